The number of nitrogens with zero attached hydrogens (tertiary/aromatic N) is 1. The second-order valence-corrected chi connectivity index (χ2v) is 6.12. The van der Waals surface area contributed by atoms with Gasteiger partial charge in [-0.1, -0.05) is 18.2 Å². The average molecular weight is 289 g/mol. The fraction of sp³-hybridized carbons (Fsp3) is 0.588. The summed E-state index contributed by atoms with van der Waals surface area (Å²) in [5, 5.41) is 6.43. The van der Waals surface area contributed by atoms with Crippen LogP contribution in [0.5, 0.6) is 0 Å². The maximum Gasteiger partial charge on any atom is 0.241 e. The first-order chi connectivity index (χ1) is 10.1. The fourth-order valence-electron chi connectivity index (χ4n) is 2.57. The quantitative estimate of drug-likeness (QED) is 0.790. The first kappa shape index (κ1) is 16.0. The van der Waals surface area contributed by atoms with Crippen LogP contribution in [0.25, 0.3) is 0 Å². The van der Waals surface area contributed by atoms with E-state index in [1.54, 1.807) is 0 Å². The van der Waals surface area contributed by atoms with Crippen LogP contribution in [0.15, 0.2) is 24.3 Å². The third-order valence-electron chi connectivity index (χ3n) is 4.25. The Morgan fingerprint density at radius 3 is 2.90 bits per heavy atom. The number of benzene rings is 1. The van der Waals surface area contributed by atoms with Gasteiger partial charge in [0.1, 0.15) is 0 Å². The zero-order valence-corrected chi connectivity index (χ0v) is 13.4. The van der Waals surface area contributed by atoms with E-state index >= 15 is 0 Å². The second-order valence-electron chi connectivity index (χ2n) is 6.12. The molecule has 1 unspecified atom stereocenters. The van der Waals surface area contributed by atoms with E-state index in [1.807, 2.05) is 18.2 Å². The molecule has 0 saturated heterocycles. The highest BCUT2D eigenvalue weighted by Gasteiger charge is 2.22. The van der Waals surface area contributed by atoms with Crippen molar-refractivity contribution in [3.63, 3.8) is 0 Å². The molecule has 0 spiro atoms. The summed E-state index contributed by atoms with van der Waals surface area (Å²) in [6.07, 6.45) is 2.87. The molecule has 2 rings (SSSR count). The van der Waals surface area contributed by atoms with Crippen LogP contribution in [0, 0.1) is 0 Å². The molecule has 1 atom stereocenters. The zero-order valence-electron chi connectivity index (χ0n) is 13.4. The Bertz CT molecular complexity index is 473. The molecule has 21 heavy (non-hydrogen) atoms. The van der Waals surface area contributed by atoms with Crippen molar-refractivity contribution in [3.05, 3.63) is 29.8 Å². The van der Waals surface area contributed by atoms with Crippen molar-refractivity contribution < 1.29 is 4.79 Å². The fourth-order valence-corrected chi connectivity index (χ4v) is 2.57. The third-order valence-corrected chi connectivity index (χ3v) is 4.25. The van der Waals surface area contributed by atoms with Crippen LogP contribution < -0.4 is 10.6 Å². The molecule has 1 aliphatic heterocycles. The topological polar surface area (TPSA) is 44.4 Å². The van der Waals surface area contributed by atoms with Crippen molar-refractivity contribution in [1.29, 1.82) is 0 Å². The van der Waals surface area contributed by atoms with E-state index in [-0.39, 0.29) is 11.9 Å². The van der Waals surface area contributed by atoms with Crippen molar-refractivity contribution in [2.75, 3.05) is 25.5 Å². The van der Waals surface area contributed by atoms with Gasteiger partial charge in [-0.15, -0.1) is 0 Å². The van der Waals surface area contributed by atoms with Gasteiger partial charge in [0.05, 0.1) is 6.04 Å². The predicted octanol–water partition coefficient (Wildman–Crippen LogP) is 2.26. The molecule has 0 radical (unpaired) electrons. The molecule has 1 heterocycles. The van der Waals surface area contributed by atoms with Crippen LogP contribution in [-0.4, -0.2) is 43.0 Å². The number of anilines is 1. The summed E-state index contributed by atoms with van der Waals surface area (Å²) >= 11 is 0. The van der Waals surface area contributed by atoms with Crippen molar-refractivity contribution in [3.8, 4) is 0 Å². The number of nitrogens with one attached hydrogen (secondary N) is 2. The Hall–Kier alpha value is -1.39. The van der Waals surface area contributed by atoms with E-state index in [1.165, 1.54) is 5.56 Å². The van der Waals surface area contributed by atoms with Gasteiger partial charge in [0, 0.05) is 11.7 Å². The standard InChI is InChI=1S/C17H27N3O/c1-13(2)20(3)12-6-11-18-16-10-9-14-7-4-5-8-15(14)19-17(16)21/h4-5,7-8,13,16,18H,6,9-12H2,1-3H3,(H,19,21). The Morgan fingerprint density at radius 2 is 2.14 bits per heavy atom. The van der Waals surface area contributed by atoms with E-state index in [9.17, 15) is 4.79 Å². The molecule has 1 amide bonds. The minimum Gasteiger partial charge on any atom is -0.324 e. The lowest BCUT2D eigenvalue weighted by molar-refractivity contribution is -0.118. The Balaban J connectivity index is 1.79. The van der Waals surface area contributed by atoms with Crippen molar-refractivity contribution in [2.45, 2.75) is 45.2 Å². The molecule has 4 nitrogen and oxygen atoms in total. The molecule has 0 aromatic heterocycles. The molecular weight excluding hydrogens is 262 g/mol. The maximum atomic E-state index is 12.2. The monoisotopic (exact) mass is 289 g/mol. The highest BCUT2D eigenvalue weighted by atomic mass is 16.2. The summed E-state index contributed by atoms with van der Waals surface area (Å²) in [6, 6.07) is 8.56. The third kappa shape index (κ3) is 4.55. The minimum absolute atomic E-state index is 0.0817. The van der Waals surface area contributed by atoms with Gasteiger partial charge in [0.25, 0.3) is 0 Å². The lowest BCUT2D eigenvalue weighted by atomic mass is 10.1. The van der Waals surface area contributed by atoms with Gasteiger partial charge >= 0.3 is 0 Å². The van der Waals surface area contributed by atoms with Crippen LogP contribution in [0.1, 0.15) is 32.3 Å². The van der Waals surface area contributed by atoms with Gasteiger partial charge in [0.2, 0.25) is 5.91 Å². The number of hydrogen-bond acceptors (Lipinski definition) is 3. The zero-order chi connectivity index (χ0) is 15.2. The van der Waals surface area contributed by atoms with Crippen molar-refractivity contribution in [2.24, 2.45) is 0 Å². The lowest BCUT2D eigenvalue weighted by Crippen LogP contribution is -2.41. The number of rotatable bonds is 6. The van der Waals surface area contributed by atoms with Crippen molar-refractivity contribution in [1.82, 2.24) is 10.2 Å². The number of fused-ring (bicyclic) bond motifs is 1. The van der Waals surface area contributed by atoms with Gasteiger partial charge in [0.15, 0.2) is 0 Å². The van der Waals surface area contributed by atoms with Gasteiger partial charge in [-0.25, -0.2) is 0 Å². The van der Waals surface area contributed by atoms with Crippen LogP contribution in [-0.2, 0) is 11.2 Å². The number of carbonyl (C=O) groups is 1. The highest BCUT2D eigenvalue weighted by molar-refractivity contribution is 5.96. The van der Waals surface area contributed by atoms with Gasteiger partial charge < -0.3 is 15.5 Å². The molecule has 0 bridgehead atoms. The highest BCUT2D eigenvalue weighted by Crippen LogP contribution is 2.21. The second kappa shape index (κ2) is 7.57. The molecule has 0 saturated carbocycles. The van der Waals surface area contributed by atoms with E-state index in [0.29, 0.717) is 6.04 Å². The molecule has 0 fully saturated rings. The first-order valence-corrected chi connectivity index (χ1v) is 7.90. The first-order valence-electron chi connectivity index (χ1n) is 7.90. The summed E-state index contributed by atoms with van der Waals surface area (Å²) in [4.78, 5) is 14.6. The normalized spacial score (nSPS) is 18.5. The Morgan fingerprint density at radius 1 is 1.38 bits per heavy atom. The largest absolute Gasteiger partial charge is 0.324 e. The molecule has 4 heteroatoms. The Kier molecular flexibility index (Phi) is 5.76. The molecule has 1 aliphatic rings. The van der Waals surface area contributed by atoms with E-state index in [0.717, 1.165) is 38.0 Å². The Labute approximate surface area is 127 Å². The molecule has 1 aromatic carbocycles. The smallest absolute Gasteiger partial charge is 0.241 e. The number of amides is 1. The summed E-state index contributed by atoms with van der Waals surface area (Å²) in [5.41, 5.74) is 2.20. The molecule has 0 aliphatic carbocycles. The van der Waals surface area contributed by atoms with Crippen LogP contribution in [0.3, 0.4) is 0 Å². The summed E-state index contributed by atoms with van der Waals surface area (Å²) in [5.74, 6) is 0.0946. The minimum atomic E-state index is -0.0817. The average Bonchev–Trinajstić information content (AvgIpc) is 2.62. The van der Waals surface area contributed by atoms with E-state index in [2.05, 4.69) is 42.5 Å². The number of carbonyl (C=O) groups excluding carboxylic acids is 1. The molecule has 2 N–H and O–H groups in total. The number of hydrogen-bond donors (Lipinski definition) is 2. The maximum absolute atomic E-state index is 12.2. The van der Waals surface area contributed by atoms with E-state index in [4.69, 9.17) is 0 Å². The summed E-state index contributed by atoms with van der Waals surface area (Å²) < 4.78 is 0. The van der Waals surface area contributed by atoms with E-state index < -0.39 is 0 Å². The SMILES string of the molecule is CC(C)N(C)CCCNC1CCc2ccccc2NC1=O. The van der Waals surface area contributed by atoms with Crippen LogP contribution >= 0.6 is 0 Å². The predicted molar refractivity (Wildman–Crippen MR) is 87.6 cm³/mol. The molecular formula is C17H27N3O. The van der Waals surface area contributed by atoms with Gasteiger partial charge in [-0.05, 0) is 64.9 Å². The lowest BCUT2D eigenvalue weighted by Gasteiger charge is -2.21. The molecule has 1 aromatic rings. The van der Waals surface area contributed by atoms with Crippen LogP contribution in [0.2, 0.25) is 0 Å². The molecule has 116 valence electrons. The number of aryl methyl sites for hydroxylation is 1. The van der Waals surface area contributed by atoms with Gasteiger partial charge in [-0.2, -0.15) is 0 Å². The van der Waals surface area contributed by atoms with Crippen LogP contribution in [0.4, 0.5) is 5.69 Å². The summed E-state index contributed by atoms with van der Waals surface area (Å²) in [6.45, 7) is 6.33. The van der Waals surface area contributed by atoms with Gasteiger partial charge in [-0.3, -0.25) is 4.79 Å². The van der Waals surface area contributed by atoms with Crippen molar-refractivity contribution >= 4 is 11.6 Å². The summed E-state index contributed by atoms with van der Waals surface area (Å²) in [7, 11) is 2.14. The number of para-hydroxylation sites is 1.